The van der Waals surface area contributed by atoms with Gasteiger partial charge in [-0.3, -0.25) is 4.79 Å². The van der Waals surface area contributed by atoms with Crippen LogP contribution in [-0.2, 0) is 30.2 Å². The summed E-state index contributed by atoms with van der Waals surface area (Å²) in [4.78, 5) is 14.8. The lowest BCUT2D eigenvalue weighted by Crippen LogP contribution is -2.07. The van der Waals surface area contributed by atoms with E-state index in [0.29, 0.717) is 24.6 Å². The molecule has 0 unspecified atom stereocenters. The lowest BCUT2D eigenvalue weighted by Gasteiger charge is -2.09. The Labute approximate surface area is 190 Å². The third-order valence-corrected chi connectivity index (χ3v) is 5.19. The molecule has 33 heavy (non-hydrogen) atoms. The van der Waals surface area contributed by atoms with Crippen molar-refractivity contribution < 1.29 is 27.8 Å². The van der Waals surface area contributed by atoms with Crippen molar-refractivity contribution in [1.82, 2.24) is 14.8 Å². The molecule has 3 aromatic rings. The zero-order valence-electron chi connectivity index (χ0n) is 18.5. The van der Waals surface area contributed by atoms with Crippen LogP contribution in [0.5, 0.6) is 5.75 Å². The minimum absolute atomic E-state index is 0.0237. The molecule has 176 valence electrons. The van der Waals surface area contributed by atoms with Crippen LogP contribution in [0.3, 0.4) is 0 Å². The number of halogens is 3. The number of aliphatic carboxylic acids is 1. The highest BCUT2D eigenvalue weighted by atomic mass is 19.4. The second kappa shape index (κ2) is 10.5. The molecular weight excluding hydrogens is 435 g/mol. The molecule has 0 aliphatic rings. The number of hydrogen-bond donors (Lipinski definition) is 1. The van der Waals surface area contributed by atoms with Crippen molar-refractivity contribution >= 4 is 5.97 Å². The number of carboxylic acids is 1. The topological polar surface area (TPSA) is 77.2 Å². The van der Waals surface area contributed by atoms with Crippen LogP contribution < -0.4 is 4.74 Å². The van der Waals surface area contributed by atoms with Crippen LogP contribution in [0.15, 0.2) is 42.7 Å². The summed E-state index contributed by atoms with van der Waals surface area (Å²) < 4.78 is 45.7. The summed E-state index contributed by atoms with van der Waals surface area (Å²) >= 11 is 0. The Kier molecular flexibility index (Phi) is 7.73. The lowest BCUT2D eigenvalue weighted by atomic mass is 10.1. The van der Waals surface area contributed by atoms with Crippen LogP contribution in [-0.4, -0.2) is 32.4 Å². The van der Waals surface area contributed by atoms with E-state index < -0.39 is 17.7 Å². The van der Waals surface area contributed by atoms with Gasteiger partial charge in [-0.25, -0.2) is 9.67 Å². The highest BCUT2D eigenvalue weighted by Crippen LogP contribution is 2.29. The van der Waals surface area contributed by atoms with E-state index in [1.165, 1.54) is 10.7 Å². The van der Waals surface area contributed by atoms with Gasteiger partial charge < -0.3 is 9.84 Å². The second-order valence-electron chi connectivity index (χ2n) is 7.81. The first kappa shape index (κ1) is 24.3. The average Bonchev–Trinajstić information content (AvgIpc) is 3.15. The number of aryl methyl sites for hydroxylation is 3. The molecule has 1 N–H and O–H groups in total. The Morgan fingerprint density at radius 3 is 2.55 bits per heavy atom. The van der Waals surface area contributed by atoms with Crippen LogP contribution in [0.4, 0.5) is 13.2 Å². The SMILES string of the molecule is CCCc1nn(-c2ccc(C(F)(F)F)cn2)cc1CCCOc1ccc(CC(=O)O)c(C)c1. The van der Waals surface area contributed by atoms with Gasteiger partial charge in [0.15, 0.2) is 5.82 Å². The monoisotopic (exact) mass is 461 g/mol. The Morgan fingerprint density at radius 1 is 1.15 bits per heavy atom. The predicted molar refractivity (Wildman–Crippen MR) is 117 cm³/mol. The van der Waals surface area contributed by atoms with Gasteiger partial charge in [-0.05, 0) is 67.1 Å². The minimum Gasteiger partial charge on any atom is -0.494 e. The van der Waals surface area contributed by atoms with Gasteiger partial charge in [0.25, 0.3) is 0 Å². The van der Waals surface area contributed by atoms with Crippen LogP contribution >= 0.6 is 0 Å². The van der Waals surface area contributed by atoms with Crippen molar-refractivity contribution in [2.75, 3.05) is 6.61 Å². The molecule has 0 spiro atoms. The number of carboxylic acid groups (broad SMARTS) is 1. The van der Waals surface area contributed by atoms with E-state index in [1.54, 1.807) is 12.1 Å². The number of alkyl halides is 3. The highest BCUT2D eigenvalue weighted by Gasteiger charge is 2.30. The number of carbonyl (C=O) groups is 1. The van der Waals surface area contributed by atoms with Crippen molar-refractivity contribution in [3.8, 4) is 11.6 Å². The van der Waals surface area contributed by atoms with Crippen molar-refractivity contribution in [2.24, 2.45) is 0 Å². The van der Waals surface area contributed by atoms with Crippen molar-refractivity contribution in [3.05, 3.63) is 70.7 Å². The summed E-state index contributed by atoms with van der Waals surface area (Å²) in [7, 11) is 0. The molecule has 3 rings (SSSR count). The maximum atomic E-state index is 12.8. The number of nitrogens with zero attached hydrogens (tertiary/aromatic N) is 3. The molecule has 0 saturated heterocycles. The number of benzene rings is 1. The molecule has 0 aliphatic carbocycles. The summed E-state index contributed by atoms with van der Waals surface area (Å²) in [5.41, 5.74) is 2.73. The average molecular weight is 461 g/mol. The zero-order chi connectivity index (χ0) is 24.0. The summed E-state index contributed by atoms with van der Waals surface area (Å²) in [6.07, 6.45) is 1.24. The largest absolute Gasteiger partial charge is 0.494 e. The normalized spacial score (nSPS) is 11.5. The van der Waals surface area contributed by atoms with Gasteiger partial charge >= 0.3 is 12.1 Å². The molecule has 2 aromatic heterocycles. The van der Waals surface area contributed by atoms with E-state index in [1.807, 2.05) is 26.1 Å². The van der Waals surface area contributed by atoms with Gasteiger partial charge in [0.1, 0.15) is 5.75 Å². The third kappa shape index (κ3) is 6.57. The van der Waals surface area contributed by atoms with Crippen LogP contribution in [0, 0.1) is 6.92 Å². The fraction of sp³-hybridized carbons (Fsp3) is 0.375. The number of aromatic nitrogens is 3. The standard InChI is InChI=1S/C24H26F3N3O3/c1-3-5-21-18(15-30(29-21)22-10-8-19(14-28-22)24(25,26)27)6-4-11-33-20-9-7-17(13-23(31)32)16(2)12-20/h7-10,12,14-15H,3-6,11,13H2,1-2H3,(H,31,32). The molecule has 0 fully saturated rings. The van der Waals surface area contributed by atoms with E-state index in [4.69, 9.17) is 9.84 Å². The summed E-state index contributed by atoms with van der Waals surface area (Å²) in [5.74, 6) is 0.140. The van der Waals surface area contributed by atoms with E-state index in [-0.39, 0.29) is 6.42 Å². The first-order valence-corrected chi connectivity index (χ1v) is 10.7. The summed E-state index contributed by atoms with van der Waals surface area (Å²) in [6.45, 7) is 4.36. The quantitative estimate of drug-likeness (QED) is 0.421. The van der Waals surface area contributed by atoms with E-state index in [2.05, 4.69) is 10.1 Å². The number of ether oxygens (including phenoxy) is 1. The molecule has 6 nitrogen and oxygen atoms in total. The number of pyridine rings is 1. The fourth-order valence-corrected chi connectivity index (χ4v) is 3.48. The van der Waals surface area contributed by atoms with Gasteiger partial charge in [0.05, 0.1) is 24.3 Å². The van der Waals surface area contributed by atoms with Crippen LogP contribution in [0.1, 0.15) is 47.7 Å². The predicted octanol–water partition coefficient (Wildman–Crippen LogP) is 5.19. The van der Waals surface area contributed by atoms with Gasteiger partial charge in [0, 0.05) is 12.4 Å². The maximum Gasteiger partial charge on any atom is 0.417 e. The molecule has 0 aliphatic heterocycles. The van der Waals surface area contributed by atoms with Crippen molar-refractivity contribution in [2.45, 2.75) is 52.1 Å². The van der Waals surface area contributed by atoms with Gasteiger partial charge in [0.2, 0.25) is 0 Å². The highest BCUT2D eigenvalue weighted by molar-refractivity contribution is 5.70. The molecule has 0 radical (unpaired) electrons. The Morgan fingerprint density at radius 2 is 1.94 bits per heavy atom. The van der Waals surface area contributed by atoms with Gasteiger partial charge in [-0.2, -0.15) is 18.3 Å². The lowest BCUT2D eigenvalue weighted by molar-refractivity contribution is -0.138. The fourth-order valence-electron chi connectivity index (χ4n) is 3.48. The smallest absolute Gasteiger partial charge is 0.417 e. The Balaban J connectivity index is 1.62. The van der Waals surface area contributed by atoms with Gasteiger partial charge in [-0.15, -0.1) is 0 Å². The number of rotatable bonds is 10. The van der Waals surface area contributed by atoms with Gasteiger partial charge in [-0.1, -0.05) is 19.4 Å². The van der Waals surface area contributed by atoms with E-state index in [0.717, 1.165) is 53.9 Å². The maximum absolute atomic E-state index is 12.8. The van der Waals surface area contributed by atoms with Crippen LogP contribution in [0.2, 0.25) is 0 Å². The summed E-state index contributed by atoms with van der Waals surface area (Å²) in [5, 5.41) is 13.5. The zero-order valence-corrected chi connectivity index (χ0v) is 18.5. The van der Waals surface area contributed by atoms with E-state index in [9.17, 15) is 18.0 Å². The minimum atomic E-state index is -4.43. The Hall–Kier alpha value is -3.36. The molecule has 1 aromatic carbocycles. The molecule has 0 atom stereocenters. The first-order chi connectivity index (χ1) is 15.7. The third-order valence-electron chi connectivity index (χ3n) is 5.19. The van der Waals surface area contributed by atoms with Crippen LogP contribution in [0.25, 0.3) is 5.82 Å². The number of hydrogen-bond acceptors (Lipinski definition) is 4. The molecule has 0 amide bonds. The molecular formula is C24H26F3N3O3. The van der Waals surface area contributed by atoms with Crippen molar-refractivity contribution in [1.29, 1.82) is 0 Å². The molecule has 2 heterocycles. The van der Waals surface area contributed by atoms with E-state index >= 15 is 0 Å². The molecule has 0 bridgehead atoms. The second-order valence-corrected chi connectivity index (χ2v) is 7.81. The first-order valence-electron chi connectivity index (χ1n) is 10.7. The Bertz CT molecular complexity index is 1090. The van der Waals surface area contributed by atoms with Crippen molar-refractivity contribution in [3.63, 3.8) is 0 Å². The molecule has 0 saturated carbocycles. The molecule has 9 heteroatoms. The summed E-state index contributed by atoms with van der Waals surface area (Å²) in [6, 6.07) is 7.67.